The van der Waals surface area contributed by atoms with Crippen molar-refractivity contribution in [1.82, 2.24) is 19.6 Å². The van der Waals surface area contributed by atoms with E-state index in [1.165, 1.54) is 16.9 Å². The van der Waals surface area contributed by atoms with Gasteiger partial charge in [-0.3, -0.25) is 4.79 Å². The summed E-state index contributed by atoms with van der Waals surface area (Å²) in [6, 6.07) is 13.5. The standard InChI is InChI=1S/C23H22FN5O3/c1-15-17(13-26-29(15)19-9-5-4-8-18(19)24)23(30)27-21-11-12-25-28(21)14-16-7-6-10-20(31-2)22(16)32-3/h4-13H,14H2,1-3H3,(H,27,30). The molecule has 8 nitrogen and oxygen atoms in total. The van der Waals surface area contributed by atoms with E-state index in [1.54, 1.807) is 56.3 Å². The van der Waals surface area contributed by atoms with Gasteiger partial charge in [-0.25, -0.2) is 13.8 Å². The minimum absolute atomic E-state index is 0.277. The fourth-order valence-electron chi connectivity index (χ4n) is 3.49. The number of ether oxygens (including phenoxy) is 2. The Morgan fingerprint density at radius 2 is 1.88 bits per heavy atom. The van der Waals surface area contributed by atoms with Gasteiger partial charge < -0.3 is 14.8 Å². The predicted octanol–water partition coefficient (Wildman–Crippen LogP) is 3.83. The van der Waals surface area contributed by atoms with Crippen LogP contribution in [0.3, 0.4) is 0 Å². The quantitative estimate of drug-likeness (QED) is 0.477. The fourth-order valence-corrected chi connectivity index (χ4v) is 3.49. The lowest BCUT2D eigenvalue weighted by Gasteiger charge is -2.14. The van der Waals surface area contributed by atoms with Crippen LogP contribution in [0.2, 0.25) is 0 Å². The van der Waals surface area contributed by atoms with Crippen molar-refractivity contribution in [2.45, 2.75) is 13.5 Å². The first kappa shape index (κ1) is 21.1. The highest BCUT2D eigenvalue weighted by Gasteiger charge is 2.19. The molecule has 0 spiro atoms. The number of methoxy groups -OCH3 is 2. The molecule has 0 bridgehead atoms. The van der Waals surface area contributed by atoms with Crippen LogP contribution in [-0.2, 0) is 6.54 Å². The van der Waals surface area contributed by atoms with Crippen LogP contribution in [0.15, 0.2) is 60.9 Å². The van der Waals surface area contributed by atoms with Gasteiger partial charge >= 0.3 is 0 Å². The summed E-state index contributed by atoms with van der Waals surface area (Å²) in [6.07, 6.45) is 3.01. The zero-order chi connectivity index (χ0) is 22.7. The fraction of sp³-hybridized carbons (Fsp3) is 0.174. The highest BCUT2D eigenvalue weighted by atomic mass is 19.1. The van der Waals surface area contributed by atoms with Crippen molar-refractivity contribution in [3.8, 4) is 17.2 Å². The number of nitrogens with zero attached hydrogens (tertiary/aromatic N) is 4. The number of hydrogen-bond donors (Lipinski definition) is 1. The Morgan fingerprint density at radius 1 is 1.06 bits per heavy atom. The van der Waals surface area contributed by atoms with E-state index < -0.39 is 5.82 Å². The predicted molar refractivity (Wildman–Crippen MR) is 117 cm³/mol. The SMILES string of the molecule is COc1cccc(Cn2nccc2NC(=O)c2cnn(-c3ccccc3F)c2C)c1OC. The number of para-hydroxylation sites is 2. The Balaban J connectivity index is 1.57. The molecule has 164 valence electrons. The van der Waals surface area contributed by atoms with Crippen molar-refractivity contribution < 1.29 is 18.7 Å². The average molecular weight is 435 g/mol. The average Bonchev–Trinajstić information content (AvgIpc) is 3.40. The van der Waals surface area contributed by atoms with E-state index in [-0.39, 0.29) is 11.6 Å². The Morgan fingerprint density at radius 3 is 2.62 bits per heavy atom. The molecule has 32 heavy (non-hydrogen) atoms. The number of hydrogen-bond acceptors (Lipinski definition) is 5. The van der Waals surface area contributed by atoms with Crippen LogP contribution in [0.1, 0.15) is 21.6 Å². The maximum atomic E-state index is 14.2. The first-order valence-electron chi connectivity index (χ1n) is 9.86. The summed E-state index contributed by atoms with van der Waals surface area (Å²) < 4.78 is 28.0. The summed E-state index contributed by atoms with van der Waals surface area (Å²) in [4.78, 5) is 12.9. The smallest absolute Gasteiger partial charge is 0.260 e. The van der Waals surface area contributed by atoms with Crippen LogP contribution in [0, 0.1) is 12.7 Å². The molecule has 0 radical (unpaired) electrons. The lowest BCUT2D eigenvalue weighted by atomic mass is 10.2. The molecular formula is C23H22FN5O3. The zero-order valence-corrected chi connectivity index (χ0v) is 17.9. The third-order valence-electron chi connectivity index (χ3n) is 5.10. The lowest BCUT2D eigenvalue weighted by Crippen LogP contribution is -2.17. The molecule has 0 aliphatic carbocycles. The minimum Gasteiger partial charge on any atom is -0.493 e. The molecule has 4 rings (SSSR count). The van der Waals surface area contributed by atoms with Crippen LogP contribution in [-0.4, -0.2) is 39.7 Å². The molecule has 4 aromatic rings. The van der Waals surface area contributed by atoms with Gasteiger partial charge in [-0.2, -0.15) is 10.2 Å². The van der Waals surface area contributed by atoms with Gasteiger partial charge in [0, 0.05) is 11.6 Å². The van der Waals surface area contributed by atoms with Crippen LogP contribution in [0.5, 0.6) is 11.5 Å². The highest BCUT2D eigenvalue weighted by Crippen LogP contribution is 2.31. The van der Waals surface area contributed by atoms with Crippen molar-refractivity contribution in [1.29, 1.82) is 0 Å². The summed E-state index contributed by atoms with van der Waals surface area (Å²) in [5, 5.41) is 11.4. The number of anilines is 1. The Hall–Kier alpha value is -4.14. The minimum atomic E-state index is -0.420. The number of halogens is 1. The van der Waals surface area contributed by atoms with E-state index in [2.05, 4.69) is 15.5 Å². The number of carbonyl (C=O) groups excluding carboxylic acids is 1. The van der Waals surface area contributed by atoms with E-state index in [0.717, 1.165) is 5.56 Å². The van der Waals surface area contributed by atoms with Crippen LogP contribution >= 0.6 is 0 Å². The van der Waals surface area contributed by atoms with E-state index in [0.29, 0.717) is 35.1 Å². The highest BCUT2D eigenvalue weighted by molar-refractivity contribution is 6.04. The summed E-state index contributed by atoms with van der Waals surface area (Å²) in [6.45, 7) is 2.07. The number of aromatic nitrogens is 4. The van der Waals surface area contributed by atoms with Gasteiger partial charge in [0.2, 0.25) is 0 Å². The van der Waals surface area contributed by atoms with E-state index in [9.17, 15) is 9.18 Å². The van der Waals surface area contributed by atoms with Crippen molar-refractivity contribution in [3.63, 3.8) is 0 Å². The third-order valence-corrected chi connectivity index (χ3v) is 5.10. The van der Waals surface area contributed by atoms with E-state index in [4.69, 9.17) is 9.47 Å². The first-order valence-corrected chi connectivity index (χ1v) is 9.86. The van der Waals surface area contributed by atoms with Crippen LogP contribution in [0.25, 0.3) is 5.69 Å². The molecule has 0 unspecified atom stereocenters. The van der Waals surface area contributed by atoms with Crippen LogP contribution < -0.4 is 14.8 Å². The number of benzene rings is 2. The second-order valence-corrected chi connectivity index (χ2v) is 6.99. The molecule has 2 heterocycles. The molecular weight excluding hydrogens is 413 g/mol. The van der Waals surface area contributed by atoms with Crippen molar-refractivity contribution in [2.24, 2.45) is 0 Å². The van der Waals surface area contributed by atoms with Crippen molar-refractivity contribution in [3.05, 3.63) is 83.6 Å². The molecule has 0 saturated carbocycles. The monoisotopic (exact) mass is 435 g/mol. The Kier molecular flexibility index (Phi) is 5.89. The Labute approximate surface area is 184 Å². The maximum absolute atomic E-state index is 14.2. The van der Waals surface area contributed by atoms with E-state index >= 15 is 0 Å². The molecule has 0 fully saturated rings. The lowest BCUT2D eigenvalue weighted by molar-refractivity contribution is 0.102. The van der Waals surface area contributed by atoms with Gasteiger partial charge in [-0.05, 0) is 25.1 Å². The van der Waals surface area contributed by atoms with Gasteiger partial charge in [0.15, 0.2) is 11.5 Å². The third kappa shape index (κ3) is 3.92. The van der Waals surface area contributed by atoms with Gasteiger partial charge in [-0.15, -0.1) is 0 Å². The van der Waals surface area contributed by atoms with Gasteiger partial charge in [-0.1, -0.05) is 24.3 Å². The molecule has 0 atom stereocenters. The van der Waals surface area contributed by atoms with Gasteiger partial charge in [0.25, 0.3) is 5.91 Å². The van der Waals surface area contributed by atoms with E-state index in [1.807, 2.05) is 18.2 Å². The molecule has 2 aromatic heterocycles. The summed E-state index contributed by atoms with van der Waals surface area (Å²) in [7, 11) is 3.15. The largest absolute Gasteiger partial charge is 0.493 e. The summed E-state index contributed by atoms with van der Waals surface area (Å²) in [5.74, 6) is 0.919. The number of carbonyl (C=O) groups is 1. The number of rotatable bonds is 7. The second-order valence-electron chi connectivity index (χ2n) is 6.99. The molecule has 1 N–H and O–H groups in total. The van der Waals surface area contributed by atoms with Gasteiger partial charge in [0.1, 0.15) is 17.3 Å². The van der Waals surface area contributed by atoms with Gasteiger partial charge in [0.05, 0.1) is 44.4 Å². The molecule has 0 aliphatic heterocycles. The molecule has 9 heteroatoms. The maximum Gasteiger partial charge on any atom is 0.260 e. The topological polar surface area (TPSA) is 83.2 Å². The molecule has 0 saturated heterocycles. The second kappa shape index (κ2) is 8.93. The summed E-state index contributed by atoms with van der Waals surface area (Å²) >= 11 is 0. The normalized spacial score (nSPS) is 10.8. The van der Waals surface area contributed by atoms with Crippen LogP contribution in [0.4, 0.5) is 10.2 Å². The molecule has 0 aliphatic rings. The number of amides is 1. The Bertz CT molecular complexity index is 1260. The van der Waals surface area contributed by atoms with Crippen molar-refractivity contribution in [2.75, 3.05) is 19.5 Å². The number of nitrogens with one attached hydrogen (secondary N) is 1. The molecule has 2 aromatic carbocycles. The molecule has 1 amide bonds. The zero-order valence-electron chi connectivity index (χ0n) is 17.9. The van der Waals surface area contributed by atoms with Crippen molar-refractivity contribution >= 4 is 11.7 Å². The first-order chi connectivity index (χ1) is 15.5. The summed E-state index contributed by atoms with van der Waals surface area (Å²) in [5.41, 5.74) is 1.97.